The Hall–Kier alpha value is -3.63. The summed E-state index contributed by atoms with van der Waals surface area (Å²) in [5.74, 6) is -2.11. The smallest absolute Gasteiger partial charge is 0.335 e. The number of anilines is 1. The maximum Gasteiger partial charge on any atom is 0.335 e. The van der Waals surface area contributed by atoms with E-state index in [9.17, 15) is 24.3 Å². The molecule has 0 radical (unpaired) electrons. The Bertz CT molecular complexity index is 1300. The van der Waals surface area contributed by atoms with Crippen LogP contribution in [0.2, 0.25) is 0 Å². The lowest BCUT2D eigenvalue weighted by atomic mass is 10.2. The highest BCUT2D eigenvalue weighted by Crippen LogP contribution is 2.32. The Morgan fingerprint density at radius 2 is 1.82 bits per heavy atom. The molecule has 1 fully saturated rings. The van der Waals surface area contributed by atoms with Crippen LogP contribution in [0.4, 0.5) is 10.5 Å². The van der Waals surface area contributed by atoms with Crippen molar-refractivity contribution in [1.29, 1.82) is 0 Å². The number of amides is 3. The maximum absolute atomic E-state index is 12.8. The Labute approximate surface area is 201 Å². The van der Waals surface area contributed by atoms with Gasteiger partial charge in [-0.05, 0) is 72.4 Å². The summed E-state index contributed by atoms with van der Waals surface area (Å²) in [6.07, 6.45) is 3.27. The first-order chi connectivity index (χ1) is 15.8. The van der Waals surface area contributed by atoms with Gasteiger partial charge >= 0.3 is 5.97 Å². The van der Waals surface area contributed by atoms with Crippen molar-refractivity contribution < 1.29 is 24.3 Å². The lowest BCUT2D eigenvalue weighted by molar-refractivity contribution is -0.127. The van der Waals surface area contributed by atoms with E-state index in [1.54, 1.807) is 65.4 Å². The van der Waals surface area contributed by atoms with E-state index in [-0.39, 0.29) is 10.5 Å². The molecule has 0 saturated carbocycles. The molecule has 0 aliphatic carbocycles. The third kappa shape index (κ3) is 5.07. The molecule has 33 heavy (non-hydrogen) atoms. The quantitative estimate of drug-likeness (QED) is 0.454. The van der Waals surface area contributed by atoms with Crippen LogP contribution in [0.15, 0.2) is 76.2 Å². The number of hydrogen-bond donors (Lipinski definition) is 2. The van der Waals surface area contributed by atoms with E-state index in [2.05, 4.69) is 21.2 Å². The van der Waals surface area contributed by atoms with Gasteiger partial charge in [0.1, 0.15) is 6.54 Å². The average molecular weight is 526 g/mol. The van der Waals surface area contributed by atoms with Crippen molar-refractivity contribution in [2.45, 2.75) is 0 Å². The number of aromatic carboxylic acids is 1. The van der Waals surface area contributed by atoms with Gasteiger partial charge in [0.25, 0.3) is 11.1 Å². The van der Waals surface area contributed by atoms with Crippen LogP contribution in [0.1, 0.15) is 16.1 Å². The van der Waals surface area contributed by atoms with Crippen molar-refractivity contribution in [2.75, 3.05) is 11.9 Å². The van der Waals surface area contributed by atoms with Gasteiger partial charge in [0.15, 0.2) is 0 Å². The topological polar surface area (TPSA) is 109 Å². The number of nitrogens with zero attached hydrogens (tertiary/aromatic N) is 2. The van der Waals surface area contributed by atoms with Crippen LogP contribution >= 0.6 is 27.7 Å². The highest BCUT2D eigenvalue weighted by atomic mass is 79.9. The van der Waals surface area contributed by atoms with E-state index in [1.165, 1.54) is 12.1 Å². The minimum Gasteiger partial charge on any atom is -0.478 e. The molecule has 2 heterocycles. The number of imide groups is 1. The third-order valence-electron chi connectivity index (χ3n) is 4.73. The zero-order chi connectivity index (χ0) is 23.5. The molecule has 166 valence electrons. The van der Waals surface area contributed by atoms with Crippen molar-refractivity contribution in [3.8, 4) is 5.69 Å². The largest absolute Gasteiger partial charge is 0.478 e. The van der Waals surface area contributed by atoms with E-state index < -0.39 is 29.6 Å². The number of benzene rings is 2. The lowest BCUT2D eigenvalue weighted by Gasteiger charge is -2.12. The number of rotatable bonds is 6. The number of aromatic nitrogens is 1. The molecule has 0 bridgehead atoms. The van der Waals surface area contributed by atoms with Gasteiger partial charge in [-0.15, -0.1) is 0 Å². The standard InChI is InChI=1S/C23H16BrN3O5S/c24-15-6-8-16(9-7-15)25-20(28)13-27-21(29)19(33-23(27)32)12-18-5-2-10-26(18)17-4-1-3-14(11-17)22(30)31/h1-12H,13H2,(H,25,28)(H,30,31)/b19-12-. The number of nitrogens with one attached hydrogen (secondary N) is 1. The van der Waals surface area contributed by atoms with Gasteiger partial charge in [-0.2, -0.15) is 0 Å². The van der Waals surface area contributed by atoms with Crippen molar-refractivity contribution in [3.05, 3.63) is 87.5 Å². The number of hydrogen-bond acceptors (Lipinski definition) is 5. The zero-order valence-electron chi connectivity index (χ0n) is 16.9. The molecule has 1 saturated heterocycles. The SMILES string of the molecule is O=C(CN1C(=O)S/C(=C\c2cccn2-c2cccc(C(=O)O)c2)C1=O)Nc1ccc(Br)cc1. The van der Waals surface area contributed by atoms with E-state index in [0.717, 1.165) is 21.1 Å². The summed E-state index contributed by atoms with van der Waals surface area (Å²) in [6, 6.07) is 16.8. The number of carbonyl (C=O) groups is 4. The maximum atomic E-state index is 12.8. The van der Waals surface area contributed by atoms with Crippen LogP contribution in [0, 0.1) is 0 Å². The molecule has 1 aliphatic heterocycles. The second kappa shape index (κ2) is 9.47. The molecule has 3 aromatic rings. The summed E-state index contributed by atoms with van der Waals surface area (Å²) in [6.45, 7) is -0.403. The summed E-state index contributed by atoms with van der Waals surface area (Å²) >= 11 is 4.06. The average Bonchev–Trinajstić information content (AvgIpc) is 3.35. The first kappa shape index (κ1) is 22.6. The van der Waals surface area contributed by atoms with Gasteiger partial charge in [0.2, 0.25) is 5.91 Å². The molecular formula is C23H16BrN3O5S. The van der Waals surface area contributed by atoms with Crippen molar-refractivity contribution in [1.82, 2.24) is 9.47 Å². The Morgan fingerprint density at radius 3 is 2.55 bits per heavy atom. The van der Waals surface area contributed by atoms with Crippen LogP contribution in [0.3, 0.4) is 0 Å². The Morgan fingerprint density at radius 1 is 1.06 bits per heavy atom. The molecule has 2 N–H and O–H groups in total. The first-order valence-electron chi connectivity index (χ1n) is 9.64. The van der Waals surface area contributed by atoms with Gasteiger partial charge in [-0.3, -0.25) is 19.3 Å². The van der Waals surface area contributed by atoms with E-state index >= 15 is 0 Å². The molecule has 4 rings (SSSR count). The van der Waals surface area contributed by atoms with E-state index in [0.29, 0.717) is 17.1 Å². The number of halogens is 1. The summed E-state index contributed by atoms with van der Waals surface area (Å²) < 4.78 is 2.57. The van der Waals surface area contributed by atoms with Gasteiger partial charge in [-0.25, -0.2) is 4.79 Å². The second-order valence-corrected chi connectivity index (χ2v) is 8.89. The molecule has 10 heteroatoms. The molecule has 0 atom stereocenters. The molecule has 0 spiro atoms. The number of carboxylic acid groups (broad SMARTS) is 1. The van der Waals surface area contributed by atoms with Gasteiger partial charge in [-0.1, -0.05) is 22.0 Å². The summed E-state index contributed by atoms with van der Waals surface area (Å²) in [4.78, 5) is 49.9. The minimum atomic E-state index is -1.05. The van der Waals surface area contributed by atoms with Crippen LogP contribution < -0.4 is 5.32 Å². The lowest BCUT2D eigenvalue weighted by Crippen LogP contribution is -2.36. The van der Waals surface area contributed by atoms with Crippen molar-refractivity contribution in [3.63, 3.8) is 0 Å². The Balaban J connectivity index is 1.51. The zero-order valence-corrected chi connectivity index (χ0v) is 19.3. The fourth-order valence-corrected chi connectivity index (χ4v) is 4.27. The van der Waals surface area contributed by atoms with Gasteiger partial charge in [0, 0.05) is 27.7 Å². The normalized spacial score (nSPS) is 14.7. The predicted octanol–water partition coefficient (Wildman–Crippen LogP) is 4.61. The number of carbonyl (C=O) groups excluding carboxylic acids is 3. The predicted molar refractivity (Wildman–Crippen MR) is 128 cm³/mol. The molecule has 1 aliphatic rings. The van der Waals surface area contributed by atoms with Crippen molar-refractivity contribution in [2.24, 2.45) is 0 Å². The fraction of sp³-hybridized carbons (Fsp3) is 0.0435. The van der Waals surface area contributed by atoms with Gasteiger partial charge in [0.05, 0.1) is 10.5 Å². The number of carboxylic acids is 1. The van der Waals surface area contributed by atoms with Gasteiger partial charge < -0.3 is 15.0 Å². The molecule has 8 nitrogen and oxygen atoms in total. The third-order valence-corrected chi connectivity index (χ3v) is 6.17. The highest BCUT2D eigenvalue weighted by molar-refractivity contribution is 9.10. The van der Waals surface area contributed by atoms with Crippen LogP contribution in [-0.2, 0) is 9.59 Å². The molecular weight excluding hydrogens is 510 g/mol. The molecule has 1 aromatic heterocycles. The number of thioether (sulfide) groups is 1. The van der Waals surface area contributed by atoms with Crippen molar-refractivity contribution >= 4 is 62.5 Å². The molecule has 3 amide bonds. The summed E-state index contributed by atoms with van der Waals surface area (Å²) in [5.41, 5.74) is 1.86. The fourth-order valence-electron chi connectivity index (χ4n) is 3.18. The molecule has 0 unspecified atom stereocenters. The monoisotopic (exact) mass is 525 g/mol. The summed E-state index contributed by atoms with van der Waals surface area (Å²) in [7, 11) is 0. The summed E-state index contributed by atoms with van der Waals surface area (Å²) in [5, 5.41) is 11.3. The first-order valence-corrected chi connectivity index (χ1v) is 11.2. The van der Waals surface area contributed by atoms with E-state index in [4.69, 9.17) is 0 Å². The minimum absolute atomic E-state index is 0.129. The Kier molecular flexibility index (Phi) is 6.47. The van der Waals surface area contributed by atoms with Crippen LogP contribution in [0.5, 0.6) is 0 Å². The van der Waals surface area contributed by atoms with E-state index in [1.807, 2.05) is 0 Å². The van der Waals surface area contributed by atoms with Crippen LogP contribution in [0.25, 0.3) is 11.8 Å². The van der Waals surface area contributed by atoms with Crippen LogP contribution in [-0.4, -0.2) is 44.1 Å². The molecule has 2 aromatic carbocycles. The highest BCUT2D eigenvalue weighted by Gasteiger charge is 2.36. The second-order valence-electron chi connectivity index (χ2n) is 6.98.